The Balaban J connectivity index is 1.20. The lowest BCUT2D eigenvalue weighted by atomic mass is 9.61. The summed E-state index contributed by atoms with van der Waals surface area (Å²) in [5.74, 6) is 1.56. The number of halogens is 3. The third kappa shape index (κ3) is 4.33. The number of hydrogen-bond donors (Lipinski definition) is 1. The van der Waals surface area contributed by atoms with Gasteiger partial charge in [0.2, 0.25) is 5.91 Å². The van der Waals surface area contributed by atoms with Crippen LogP contribution in [0.25, 0.3) is 6.08 Å². The minimum absolute atomic E-state index is 0.281. The quantitative estimate of drug-likeness (QED) is 0.650. The number of fused-ring (bicyclic) bond motifs is 2. The maximum absolute atomic E-state index is 12.9. The van der Waals surface area contributed by atoms with Crippen LogP contribution in [0.5, 0.6) is 0 Å². The van der Waals surface area contributed by atoms with Gasteiger partial charge in [0, 0.05) is 50.1 Å². The van der Waals surface area contributed by atoms with Crippen molar-refractivity contribution in [3.63, 3.8) is 0 Å². The molecule has 2 unspecified atom stereocenters. The summed E-state index contributed by atoms with van der Waals surface area (Å²) in [6.45, 7) is 1.48. The van der Waals surface area contributed by atoms with Crippen LogP contribution in [0.2, 0.25) is 0 Å². The van der Waals surface area contributed by atoms with E-state index in [0.29, 0.717) is 41.8 Å². The molecule has 1 saturated carbocycles. The molecule has 5 rings (SSSR count). The molecule has 7 heteroatoms. The zero-order chi connectivity index (χ0) is 24.0. The number of nitrogens with zero attached hydrogens (tertiary/aromatic N) is 2. The highest BCUT2D eigenvalue weighted by molar-refractivity contribution is 5.91. The van der Waals surface area contributed by atoms with Crippen LogP contribution in [0.3, 0.4) is 0 Å². The average Bonchev–Trinajstić information content (AvgIpc) is 3.13. The van der Waals surface area contributed by atoms with Gasteiger partial charge in [-0.1, -0.05) is 24.3 Å². The maximum atomic E-state index is 12.9. The summed E-state index contributed by atoms with van der Waals surface area (Å²) < 4.78 is 38.7. The Hall–Kier alpha value is -2.80. The lowest BCUT2D eigenvalue weighted by Crippen LogP contribution is -2.54. The summed E-state index contributed by atoms with van der Waals surface area (Å²) in [6, 6.07) is 5.49. The molecule has 4 nitrogen and oxygen atoms in total. The first-order valence-corrected chi connectivity index (χ1v) is 11.9. The predicted molar refractivity (Wildman–Crippen MR) is 126 cm³/mol. The Kier molecular flexibility index (Phi) is 5.92. The highest BCUT2D eigenvalue weighted by atomic mass is 19.4. The van der Waals surface area contributed by atoms with Gasteiger partial charge in [0.15, 0.2) is 0 Å². The first kappa shape index (κ1) is 23.0. The molecule has 1 aromatic rings. The lowest BCUT2D eigenvalue weighted by Gasteiger charge is -2.51. The summed E-state index contributed by atoms with van der Waals surface area (Å²) in [5.41, 5.74) is 2.55. The van der Waals surface area contributed by atoms with Crippen molar-refractivity contribution in [3.05, 3.63) is 77.2 Å². The van der Waals surface area contributed by atoms with E-state index in [0.717, 1.165) is 31.5 Å². The Bertz CT molecular complexity index is 1090. The van der Waals surface area contributed by atoms with E-state index >= 15 is 0 Å². The van der Waals surface area contributed by atoms with Crippen molar-refractivity contribution in [1.29, 1.82) is 0 Å². The zero-order valence-corrected chi connectivity index (χ0v) is 19.4. The van der Waals surface area contributed by atoms with Gasteiger partial charge in [0.05, 0.1) is 5.56 Å². The molecular formula is C27H30F3N3O. The molecule has 4 aliphatic rings. The second kappa shape index (κ2) is 8.77. The van der Waals surface area contributed by atoms with E-state index in [-0.39, 0.29) is 5.91 Å². The number of likely N-dealkylation sites (tertiary alicyclic amines) is 1. The van der Waals surface area contributed by atoms with Gasteiger partial charge in [-0.05, 0) is 73.1 Å². The molecule has 5 atom stereocenters. The lowest BCUT2D eigenvalue weighted by molar-refractivity contribution is -0.137. The molecule has 0 radical (unpaired) electrons. The fourth-order valence-corrected chi connectivity index (χ4v) is 6.33. The number of benzene rings is 1. The monoisotopic (exact) mass is 469 g/mol. The van der Waals surface area contributed by atoms with Crippen molar-refractivity contribution < 1.29 is 18.0 Å². The van der Waals surface area contributed by atoms with Crippen molar-refractivity contribution >= 4 is 12.0 Å². The van der Waals surface area contributed by atoms with Gasteiger partial charge < -0.3 is 15.1 Å². The normalized spacial score (nSPS) is 30.6. The fraction of sp³-hybridized carbons (Fsp3) is 0.444. The third-order valence-electron chi connectivity index (χ3n) is 7.83. The van der Waals surface area contributed by atoms with Crippen LogP contribution in [-0.2, 0) is 11.0 Å². The van der Waals surface area contributed by atoms with Gasteiger partial charge in [-0.3, -0.25) is 4.79 Å². The number of carbonyl (C=O) groups is 1. The third-order valence-corrected chi connectivity index (χ3v) is 7.83. The van der Waals surface area contributed by atoms with E-state index in [1.54, 1.807) is 6.07 Å². The summed E-state index contributed by atoms with van der Waals surface area (Å²) in [4.78, 5) is 17.1. The van der Waals surface area contributed by atoms with Gasteiger partial charge in [-0.25, -0.2) is 0 Å². The number of alkyl halides is 3. The van der Waals surface area contributed by atoms with Crippen LogP contribution in [0.4, 0.5) is 13.2 Å². The molecule has 1 amide bonds. The standard InChI is InChI=1S/C27H30F3N3O/c1-32-15-18(14-31-25(34)10-9-17-5-3-6-20(11-17)27(28,29)30)12-22-21-7-4-8-23-26(21)19(13-24(22)32)16-33(23)2/h3-11,16,18,21-22,24,26H,12-15H2,1-2H3,(H,31,34)/b10-9+/t18-,21?,22+,24+,26?/m0/s1. The van der Waals surface area contributed by atoms with E-state index in [1.807, 2.05) is 0 Å². The fourth-order valence-electron chi connectivity index (χ4n) is 6.33. The minimum Gasteiger partial charge on any atom is -0.354 e. The summed E-state index contributed by atoms with van der Waals surface area (Å²) >= 11 is 0. The highest BCUT2D eigenvalue weighted by Crippen LogP contribution is 2.52. The number of piperidine rings is 1. The number of nitrogens with one attached hydrogen (secondary N) is 1. The molecule has 2 fully saturated rings. The molecule has 34 heavy (non-hydrogen) atoms. The molecule has 1 saturated heterocycles. The summed E-state index contributed by atoms with van der Waals surface area (Å²) in [5, 5.41) is 2.97. The van der Waals surface area contributed by atoms with Crippen molar-refractivity contribution in [2.45, 2.75) is 25.1 Å². The van der Waals surface area contributed by atoms with Crippen LogP contribution in [-0.4, -0.2) is 48.9 Å². The van der Waals surface area contributed by atoms with Crippen molar-refractivity contribution in [2.24, 2.45) is 23.7 Å². The van der Waals surface area contributed by atoms with Gasteiger partial charge >= 0.3 is 6.18 Å². The zero-order valence-electron chi connectivity index (χ0n) is 19.4. The van der Waals surface area contributed by atoms with Crippen molar-refractivity contribution in [3.8, 4) is 0 Å². The molecule has 2 heterocycles. The molecular weight excluding hydrogens is 439 g/mol. The van der Waals surface area contributed by atoms with Crippen LogP contribution < -0.4 is 5.32 Å². The SMILES string of the molecule is CN1C=C2C[C@@H]3[C@H](C[C@@H](CNC(=O)/C=C/c4cccc(C(F)(F)F)c4)CN3C)C3C=CC=C1C23. The maximum Gasteiger partial charge on any atom is 0.416 e. The van der Waals surface area contributed by atoms with Gasteiger partial charge in [-0.2, -0.15) is 13.2 Å². The Morgan fingerprint density at radius 2 is 2.09 bits per heavy atom. The second-order valence-electron chi connectivity index (χ2n) is 10.0. The van der Waals surface area contributed by atoms with Crippen LogP contribution >= 0.6 is 0 Å². The number of rotatable bonds is 4. The number of allylic oxidation sites excluding steroid dienone is 4. The summed E-state index contributed by atoms with van der Waals surface area (Å²) in [6.07, 6.45) is 9.59. The molecule has 2 aliphatic carbocycles. The molecule has 1 N–H and O–H groups in total. The Morgan fingerprint density at radius 3 is 2.88 bits per heavy atom. The van der Waals surface area contributed by atoms with Crippen LogP contribution in [0.15, 0.2) is 66.0 Å². The van der Waals surface area contributed by atoms with E-state index in [1.165, 1.54) is 29.5 Å². The first-order valence-electron chi connectivity index (χ1n) is 11.9. The number of amides is 1. The number of carbonyl (C=O) groups excluding carboxylic acids is 1. The highest BCUT2D eigenvalue weighted by Gasteiger charge is 2.49. The second-order valence-corrected chi connectivity index (χ2v) is 10.0. The molecule has 2 aliphatic heterocycles. The smallest absolute Gasteiger partial charge is 0.354 e. The van der Waals surface area contributed by atoms with Crippen LogP contribution in [0.1, 0.15) is 24.0 Å². The molecule has 0 bridgehead atoms. The van der Waals surface area contributed by atoms with Crippen molar-refractivity contribution in [1.82, 2.24) is 15.1 Å². The van der Waals surface area contributed by atoms with E-state index in [9.17, 15) is 18.0 Å². The Labute approximate surface area is 198 Å². The van der Waals surface area contributed by atoms with Crippen LogP contribution in [0, 0.1) is 23.7 Å². The molecule has 0 aromatic heterocycles. The average molecular weight is 470 g/mol. The minimum atomic E-state index is -4.40. The first-order chi connectivity index (χ1) is 16.2. The molecule has 0 spiro atoms. The number of hydrogen-bond acceptors (Lipinski definition) is 3. The van der Waals surface area contributed by atoms with Gasteiger partial charge in [0.25, 0.3) is 0 Å². The predicted octanol–water partition coefficient (Wildman–Crippen LogP) is 4.69. The topological polar surface area (TPSA) is 35.6 Å². The molecule has 1 aromatic carbocycles. The largest absolute Gasteiger partial charge is 0.416 e. The van der Waals surface area contributed by atoms with E-state index in [4.69, 9.17) is 0 Å². The Morgan fingerprint density at radius 1 is 1.26 bits per heavy atom. The van der Waals surface area contributed by atoms with Gasteiger partial charge in [-0.15, -0.1) is 0 Å². The van der Waals surface area contributed by atoms with E-state index in [2.05, 4.69) is 53.6 Å². The van der Waals surface area contributed by atoms with Crippen molar-refractivity contribution in [2.75, 3.05) is 27.2 Å². The van der Waals surface area contributed by atoms with Gasteiger partial charge in [0.1, 0.15) is 0 Å². The summed E-state index contributed by atoms with van der Waals surface area (Å²) in [7, 11) is 4.31. The van der Waals surface area contributed by atoms with E-state index < -0.39 is 11.7 Å². The molecule has 180 valence electrons.